The van der Waals surface area contributed by atoms with E-state index in [2.05, 4.69) is 49.2 Å². The number of rotatable bonds is 5. The van der Waals surface area contributed by atoms with Gasteiger partial charge in [-0.3, -0.25) is 4.90 Å². The molecule has 1 aliphatic carbocycles. The Bertz CT molecular complexity index is 1200. The Balaban J connectivity index is 0.000000173. The number of phenolic OH excluding ortho intramolecular Hbond substituents is 2. The molecular weight excluding hydrogens is 481 g/mol. The normalized spacial score (nSPS) is 18.1. The van der Waals surface area contributed by atoms with Crippen LogP contribution in [-0.2, 0) is 29.2 Å². The molecule has 0 amide bonds. The van der Waals surface area contributed by atoms with Crippen LogP contribution in [-0.4, -0.2) is 41.5 Å². The monoisotopic (exact) mass is 513 g/mol. The number of benzene rings is 3. The van der Waals surface area contributed by atoms with E-state index in [-0.39, 0.29) is 11.5 Å². The predicted molar refractivity (Wildman–Crippen MR) is 147 cm³/mol. The molecule has 1 aliphatic heterocycles. The van der Waals surface area contributed by atoms with Crippen LogP contribution in [0.5, 0.6) is 11.5 Å². The first-order valence-corrected chi connectivity index (χ1v) is 16.0. The summed E-state index contributed by atoms with van der Waals surface area (Å²) in [7, 11) is 2.16. The molecule has 2 aliphatic rings. The van der Waals surface area contributed by atoms with Crippen molar-refractivity contribution in [3.63, 3.8) is 0 Å². The van der Waals surface area contributed by atoms with E-state index in [0.717, 1.165) is 42.2 Å². The summed E-state index contributed by atoms with van der Waals surface area (Å²) >= 11 is 7.26. The minimum absolute atomic E-state index is 0.0163. The lowest BCUT2D eigenvalue weighted by atomic mass is 9.77. The van der Waals surface area contributed by atoms with Gasteiger partial charge in [0.2, 0.25) is 0 Å². The van der Waals surface area contributed by atoms with Gasteiger partial charge >= 0.3 is 0 Å². The molecule has 5 rings (SSSR count). The maximum Gasteiger partial charge on any atom is 0.165 e. The average Bonchev–Trinajstić information content (AvgIpc) is 2.85. The number of hydrogen-bond acceptors (Lipinski definition) is 6. The molecule has 1 unspecified atom stereocenters. The molecule has 0 bridgehead atoms. The van der Waals surface area contributed by atoms with Crippen molar-refractivity contribution >= 4 is 28.7 Å². The standard InChI is InChI=1S/C17H17NO2.C10H15OPS2/c1-18-8-7-10-3-2-4-12-15(10)13(18)9-11-5-6-14(19)17(20)16(11)12;1-3-11-12(13,4-2)14-10-8-6-5-7-9-10/h2-6,13,19-20H,7-9H2,1H3;5-9H,3-4H2,1-2H3/t13-;/m1./s1. The molecule has 1 heterocycles. The zero-order valence-corrected chi connectivity index (χ0v) is 22.4. The smallest absolute Gasteiger partial charge is 0.165 e. The topological polar surface area (TPSA) is 52.9 Å². The van der Waals surface area contributed by atoms with Crippen molar-refractivity contribution in [3.8, 4) is 22.6 Å². The third-order valence-electron chi connectivity index (χ3n) is 6.42. The summed E-state index contributed by atoms with van der Waals surface area (Å²) in [5, 5.41) is 20.1. The molecule has 0 aromatic heterocycles. The predicted octanol–water partition coefficient (Wildman–Crippen LogP) is 6.99. The van der Waals surface area contributed by atoms with Gasteiger partial charge in [-0.25, -0.2) is 0 Å². The van der Waals surface area contributed by atoms with Gasteiger partial charge in [-0.2, -0.15) is 0 Å². The van der Waals surface area contributed by atoms with E-state index in [1.54, 1.807) is 17.4 Å². The molecule has 34 heavy (non-hydrogen) atoms. The first-order chi connectivity index (χ1) is 16.4. The van der Waals surface area contributed by atoms with Crippen molar-refractivity contribution < 1.29 is 14.7 Å². The molecule has 0 saturated carbocycles. The molecule has 2 atom stereocenters. The van der Waals surface area contributed by atoms with Gasteiger partial charge in [-0.1, -0.05) is 72.6 Å². The second kappa shape index (κ2) is 10.8. The van der Waals surface area contributed by atoms with Crippen LogP contribution >= 0.6 is 16.8 Å². The minimum atomic E-state index is -1.67. The highest BCUT2D eigenvalue weighted by Crippen LogP contribution is 2.62. The van der Waals surface area contributed by atoms with Crippen molar-refractivity contribution in [2.75, 3.05) is 26.4 Å². The van der Waals surface area contributed by atoms with Gasteiger partial charge < -0.3 is 14.7 Å². The molecule has 4 nitrogen and oxygen atoms in total. The zero-order chi connectivity index (χ0) is 24.3. The van der Waals surface area contributed by atoms with Crippen LogP contribution in [0.4, 0.5) is 0 Å². The summed E-state index contributed by atoms with van der Waals surface area (Å²) in [5.74, 6) is -0.0217. The fourth-order valence-corrected chi connectivity index (χ4v) is 9.33. The van der Waals surface area contributed by atoms with Crippen LogP contribution in [0, 0.1) is 0 Å². The van der Waals surface area contributed by atoms with Crippen LogP contribution in [0.2, 0.25) is 0 Å². The Morgan fingerprint density at radius 3 is 2.50 bits per heavy atom. The molecule has 0 fully saturated rings. The van der Waals surface area contributed by atoms with E-state index in [4.69, 9.17) is 16.3 Å². The molecule has 3 aromatic rings. The second-order valence-electron chi connectivity index (χ2n) is 8.55. The largest absolute Gasteiger partial charge is 0.504 e. The summed E-state index contributed by atoms with van der Waals surface area (Å²) in [4.78, 5) is 3.60. The quantitative estimate of drug-likeness (QED) is 0.283. The van der Waals surface area contributed by atoms with Crippen molar-refractivity contribution in [2.45, 2.75) is 37.6 Å². The van der Waals surface area contributed by atoms with Gasteiger partial charge in [0.1, 0.15) is 5.47 Å². The Morgan fingerprint density at radius 1 is 1.03 bits per heavy atom. The van der Waals surface area contributed by atoms with Crippen LogP contribution in [0.1, 0.15) is 36.6 Å². The molecule has 3 aromatic carbocycles. The number of nitrogens with zero attached hydrogens (tertiary/aromatic N) is 1. The Labute approximate surface area is 211 Å². The number of hydrogen-bond donors (Lipinski definition) is 2. The number of aromatic hydroxyl groups is 2. The van der Waals surface area contributed by atoms with Crippen molar-refractivity contribution in [1.82, 2.24) is 4.90 Å². The highest BCUT2D eigenvalue weighted by atomic mass is 32.9. The highest BCUT2D eigenvalue weighted by Gasteiger charge is 2.34. The van der Waals surface area contributed by atoms with E-state index in [9.17, 15) is 10.2 Å². The molecule has 2 N–H and O–H groups in total. The number of likely N-dealkylation sites (N-methyl/N-ethyl adjacent to an activating group) is 1. The maximum atomic E-state index is 10.3. The number of phenols is 2. The van der Waals surface area contributed by atoms with Crippen molar-refractivity contribution in [3.05, 3.63) is 77.4 Å². The van der Waals surface area contributed by atoms with Crippen LogP contribution in [0.25, 0.3) is 11.1 Å². The van der Waals surface area contributed by atoms with Gasteiger partial charge in [0.25, 0.3) is 0 Å². The van der Waals surface area contributed by atoms with Crippen LogP contribution < -0.4 is 0 Å². The van der Waals surface area contributed by atoms with Gasteiger partial charge in [-0.15, -0.1) is 0 Å². The fraction of sp³-hybridized carbons (Fsp3) is 0.333. The summed E-state index contributed by atoms with van der Waals surface area (Å²) < 4.78 is 5.67. The van der Waals surface area contributed by atoms with Crippen LogP contribution in [0.15, 0.2) is 65.6 Å². The lowest BCUT2D eigenvalue weighted by Gasteiger charge is -2.39. The number of fused-ring (bicyclic) bond motifs is 2. The van der Waals surface area contributed by atoms with Gasteiger partial charge in [0.15, 0.2) is 11.5 Å². The Hall–Kier alpha value is -1.82. The third kappa shape index (κ3) is 5.22. The van der Waals surface area contributed by atoms with Crippen molar-refractivity contribution in [2.24, 2.45) is 0 Å². The van der Waals surface area contributed by atoms with Crippen LogP contribution in [0.3, 0.4) is 0 Å². The Morgan fingerprint density at radius 2 is 1.79 bits per heavy atom. The first kappa shape index (κ1) is 25.3. The minimum Gasteiger partial charge on any atom is -0.504 e. The SMILES string of the molecule is CCOP(=S)(CC)Sc1ccccc1.CN1CCc2cccc3c2[C@H]1Cc1ccc(O)c(O)c1-3. The second-order valence-corrected chi connectivity index (χ2v) is 16.1. The summed E-state index contributed by atoms with van der Waals surface area (Å²) in [6.07, 6.45) is 2.88. The average molecular weight is 514 g/mol. The van der Waals surface area contributed by atoms with E-state index >= 15 is 0 Å². The molecular formula is C27H32NO3PS2. The molecule has 0 saturated heterocycles. The zero-order valence-electron chi connectivity index (χ0n) is 19.9. The lowest BCUT2D eigenvalue weighted by molar-refractivity contribution is 0.228. The first-order valence-electron chi connectivity index (χ1n) is 11.7. The van der Waals surface area contributed by atoms with E-state index < -0.39 is 5.47 Å². The molecule has 7 heteroatoms. The van der Waals surface area contributed by atoms with Crippen molar-refractivity contribution in [1.29, 1.82) is 0 Å². The summed E-state index contributed by atoms with van der Waals surface area (Å²) in [6.45, 7) is 5.89. The maximum absolute atomic E-state index is 10.3. The Kier molecular flexibility index (Phi) is 8.06. The summed E-state index contributed by atoms with van der Waals surface area (Å²) in [6, 6.07) is 20.4. The van der Waals surface area contributed by atoms with Gasteiger partial charge in [0.05, 0.1) is 0 Å². The van der Waals surface area contributed by atoms with Gasteiger partial charge in [0, 0.05) is 35.8 Å². The molecule has 180 valence electrons. The van der Waals surface area contributed by atoms with E-state index in [1.165, 1.54) is 16.0 Å². The van der Waals surface area contributed by atoms with E-state index in [1.807, 2.05) is 31.2 Å². The highest BCUT2D eigenvalue weighted by molar-refractivity contribution is 8.69. The van der Waals surface area contributed by atoms with Gasteiger partial charge in [-0.05, 0) is 67.3 Å². The molecule has 0 radical (unpaired) electrons. The molecule has 0 spiro atoms. The lowest BCUT2D eigenvalue weighted by Crippen LogP contribution is -2.35. The van der Waals surface area contributed by atoms with E-state index in [0.29, 0.717) is 12.6 Å². The fourth-order valence-electron chi connectivity index (χ4n) is 4.70. The summed E-state index contributed by atoms with van der Waals surface area (Å²) in [5.41, 5.74) is 4.04. The third-order valence-corrected chi connectivity index (χ3v) is 12.9.